The highest BCUT2D eigenvalue weighted by molar-refractivity contribution is 6.83. The van der Waals surface area contributed by atoms with Crippen molar-refractivity contribution < 1.29 is 42.9 Å². The molecule has 244 valence electrons. The van der Waals surface area contributed by atoms with E-state index in [2.05, 4.69) is 11.5 Å². The predicted molar refractivity (Wildman–Crippen MR) is 179 cm³/mol. The molecule has 9 nitrogen and oxygen atoms in total. The molecular formula is C38H34O9Si. The van der Waals surface area contributed by atoms with Crippen molar-refractivity contribution in [2.24, 2.45) is 0 Å². The van der Waals surface area contributed by atoms with Gasteiger partial charge in [-0.25, -0.2) is 19.2 Å². The van der Waals surface area contributed by atoms with Crippen molar-refractivity contribution in [2.75, 3.05) is 6.61 Å². The van der Waals surface area contributed by atoms with Crippen LogP contribution in [0.1, 0.15) is 41.4 Å². The molecule has 48 heavy (non-hydrogen) atoms. The first-order valence-electron chi connectivity index (χ1n) is 15.3. The van der Waals surface area contributed by atoms with Gasteiger partial charge in [-0.1, -0.05) is 98.4 Å². The van der Waals surface area contributed by atoms with Gasteiger partial charge in [0.25, 0.3) is 11.9 Å². The van der Waals surface area contributed by atoms with E-state index >= 15 is 0 Å². The molecule has 5 rings (SSSR count). The molecule has 0 amide bonds. The third-order valence-corrected chi connectivity index (χ3v) is 8.04. The molecule has 0 spiro atoms. The molecule has 1 fully saturated rings. The van der Waals surface area contributed by atoms with E-state index in [1.165, 1.54) is 0 Å². The second kappa shape index (κ2) is 14.9. The van der Waals surface area contributed by atoms with Crippen LogP contribution in [-0.2, 0) is 23.7 Å². The summed E-state index contributed by atoms with van der Waals surface area (Å²) in [6.07, 6.45) is -4.49. The number of carbonyl (C=O) groups is 4. The van der Waals surface area contributed by atoms with Gasteiger partial charge in [0.1, 0.15) is 20.8 Å². The maximum atomic E-state index is 13.8. The molecule has 4 atom stereocenters. The fourth-order valence-electron chi connectivity index (χ4n) is 4.79. The molecule has 0 aliphatic carbocycles. The first kappa shape index (κ1) is 33.8. The highest BCUT2D eigenvalue weighted by Crippen LogP contribution is 2.39. The normalized spacial score (nSPS) is 20.0. The van der Waals surface area contributed by atoms with Gasteiger partial charge in [0.15, 0.2) is 6.10 Å². The van der Waals surface area contributed by atoms with Gasteiger partial charge in [-0.05, 0) is 48.5 Å². The van der Waals surface area contributed by atoms with Crippen LogP contribution < -0.4 is 0 Å². The number of benzene rings is 4. The largest absolute Gasteiger partial charge is 0.459 e. The van der Waals surface area contributed by atoms with E-state index in [0.717, 1.165) is 0 Å². The number of hydrogen-bond acceptors (Lipinski definition) is 9. The number of esters is 4. The summed E-state index contributed by atoms with van der Waals surface area (Å²) in [4.78, 5) is 53.9. The molecule has 1 saturated heterocycles. The molecule has 0 N–H and O–H groups in total. The lowest BCUT2D eigenvalue weighted by molar-refractivity contribution is -0.161. The van der Waals surface area contributed by atoms with Crippen LogP contribution in [0.5, 0.6) is 0 Å². The summed E-state index contributed by atoms with van der Waals surface area (Å²) in [5.74, 6) is -0.0322. The number of hydrogen-bond donors (Lipinski definition) is 0. The lowest BCUT2D eigenvalue weighted by Crippen LogP contribution is -2.54. The zero-order valence-corrected chi connectivity index (χ0v) is 27.7. The van der Waals surface area contributed by atoms with Crippen LogP contribution in [0.15, 0.2) is 121 Å². The molecule has 0 aromatic heterocycles. The highest BCUT2D eigenvalue weighted by atomic mass is 28.3. The van der Waals surface area contributed by atoms with E-state index in [1.54, 1.807) is 121 Å². The topological polar surface area (TPSA) is 114 Å². The molecule has 0 bridgehead atoms. The summed E-state index contributed by atoms with van der Waals surface area (Å²) >= 11 is 0. The Morgan fingerprint density at radius 2 is 1.04 bits per heavy atom. The van der Waals surface area contributed by atoms with Crippen molar-refractivity contribution in [1.29, 1.82) is 0 Å². The van der Waals surface area contributed by atoms with Gasteiger partial charge >= 0.3 is 23.9 Å². The Labute approximate surface area is 279 Å². The first-order chi connectivity index (χ1) is 23.1. The summed E-state index contributed by atoms with van der Waals surface area (Å²) in [7, 11) is -2.25. The minimum atomic E-state index is -2.25. The van der Waals surface area contributed by atoms with E-state index in [1.807, 2.05) is 19.6 Å². The molecule has 10 heteroatoms. The SMILES string of the molecule is C[Si](C)(C)C#C[C@]1(OC(=O)c2ccccc2)C(OC(=O)c2ccccc2)O[C@H](COC(=O)c2ccccc2)[C@H]1OC(=O)c1ccccc1. The molecule has 0 saturated carbocycles. The van der Waals surface area contributed by atoms with Gasteiger partial charge in [-0.3, -0.25) is 0 Å². The van der Waals surface area contributed by atoms with Crippen molar-refractivity contribution in [3.05, 3.63) is 144 Å². The summed E-state index contributed by atoms with van der Waals surface area (Å²) in [6, 6.07) is 32.8. The van der Waals surface area contributed by atoms with E-state index < -0.39 is 62.7 Å². The van der Waals surface area contributed by atoms with Crippen molar-refractivity contribution >= 4 is 32.0 Å². The second-order valence-corrected chi connectivity index (χ2v) is 16.7. The quantitative estimate of drug-likeness (QED) is 0.0904. The van der Waals surface area contributed by atoms with Crippen molar-refractivity contribution in [3.8, 4) is 11.5 Å². The van der Waals surface area contributed by atoms with Gasteiger partial charge in [0, 0.05) is 0 Å². The maximum absolute atomic E-state index is 13.8. The molecule has 1 unspecified atom stereocenters. The minimum absolute atomic E-state index is 0.173. The Morgan fingerprint density at radius 1 is 0.625 bits per heavy atom. The standard InChI is InChI=1S/C38H34O9Si/c1-48(2,3)25-24-38(47-36(42)30-22-14-7-15-23-30)32(45-34(40)28-18-10-5-11-19-28)31(26-43-33(39)27-16-8-4-9-17-27)44-37(38)46-35(41)29-20-12-6-13-21-29/h4-23,31-32,37H,26H2,1-3H3/t31-,32-,37?,38-/m1/s1. The molecule has 1 heterocycles. The maximum Gasteiger partial charge on any atom is 0.340 e. The average Bonchev–Trinajstić information content (AvgIpc) is 3.38. The second-order valence-electron chi connectivity index (χ2n) is 12.0. The molecule has 1 aliphatic rings. The van der Waals surface area contributed by atoms with Crippen LogP contribution >= 0.6 is 0 Å². The number of carbonyl (C=O) groups excluding carboxylic acids is 4. The zero-order chi connectivity index (χ0) is 34.1. The van der Waals surface area contributed by atoms with Gasteiger partial charge in [-0.15, -0.1) is 5.54 Å². The smallest absolute Gasteiger partial charge is 0.340 e. The Kier molecular flexibility index (Phi) is 10.5. The fraction of sp³-hybridized carbons (Fsp3) is 0.211. The molecular weight excluding hydrogens is 628 g/mol. The third kappa shape index (κ3) is 8.25. The van der Waals surface area contributed by atoms with Crippen LogP contribution in [0.25, 0.3) is 0 Å². The van der Waals surface area contributed by atoms with Crippen molar-refractivity contribution in [3.63, 3.8) is 0 Å². The monoisotopic (exact) mass is 662 g/mol. The Balaban J connectivity index is 1.62. The molecule has 4 aromatic rings. The van der Waals surface area contributed by atoms with Crippen LogP contribution in [0, 0.1) is 11.5 Å². The predicted octanol–water partition coefficient (Wildman–Crippen LogP) is 6.13. The van der Waals surface area contributed by atoms with Gasteiger partial charge in [0.2, 0.25) is 0 Å². The first-order valence-corrected chi connectivity index (χ1v) is 18.8. The van der Waals surface area contributed by atoms with Crippen LogP contribution in [0.2, 0.25) is 19.6 Å². The summed E-state index contributed by atoms with van der Waals surface area (Å²) in [5, 5.41) is 0. The molecule has 0 radical (unpaired) electrons. The summed E-state index contributed by atoms with van der Waals surface area (Å²) in [6.45, 7) is 5.45. The van der Waals surface area contributed by atoms with E-state index in [9.17, 15) is 19.2 Å². The van der Waals surface area contributed by atoms with E-state index in [-0.39, 0.29) is 22.3 Å². The Hall–Kier alpha value is -5.50. The Bertz CT molecular complexity index is 1800. The summed E-state index contributed by atoms with van der Waals surface area (Å²) in [5.41, 5.74) is 1.87. The van der Waals surface area contributed by atoms with E-state index in [4.69, 9.17) is 23.7 Å². The van der Waals surface area contributed by atoms with Gasteiger partial charge in [-0.2, -0.15) is 0 Å². The number of ether oxygens (including phenoxy) is 5. The van der Waals surface area contributed by atoms with Crippen LogP contribution in [0.4, 0.5) is 0 Å². The average molecular weight is 663 g/mol. The lowest BCUT2D eigenvalue weighted by atomic mass is 9.94. The van der Waals surface area contributed by atoms with Crippen molar-refractivity contribution in [2.45, 2.75) is 43.7 Å². The minimum Gasteiger partial charge on any atom is -0.459 e. The van der Waals surface area contributed by atoms with Crippen molar-refractivity contribution in [1.82, 2.24) is 0 Å². The third-order valence-electron chi connectivity index (χ3n) is 7.17. The van der Waals surface area contributed by atoms with E-state index in [0.29, 0.717) is 0 Å². The van der Waals surface area contributed by atoms with Gasteiger partial charge in [0.05, 0.1) is 22.3 Å². The number of rotatable bonds is 9. The van der Waals surface area contributed by atoms with Crippen LogP contribution in [0.3, 0.4) is 0 Å². The zero-order valence-electron chi connectivity index (χ0n) is 26.7. The summed E-state index contributed by atoms with van der Waals surface area (Å²) < 4.78 is 30.0. The Morgan fingerprint density at radius 3 is 1.50 bits per heavy atom. The lowest BCUT2D eigenvalue weighted by Gasteiger charge is -2.33. The van der Waals surface area contributed by atoms with Gasteiger partial charge < -0.3 is 23.7 Å². The fourth-order valence-corrected chi connectivity index (χ4v) is 5.36. The molecule has 4 aromatic carbocycles. The highest BCUT2D eigenvalue weighted by Gasteiger charge is 2.64. The van der Waals surface area contributed by atoms with Crippen LogP contribution in [-0.4, -0.2) is 62.7 Å². The molecule has 1 aliphatic heterocycles.